The number of hydrogen-bond acceptors (Lipinski definition) is 5. The first-order valence-electron chi connectivity index (χ1n) is 12.1. The van der Waals surface area contributed by atoms with Crippen LogP contribution in [0.2, 0.25) is 0 Å². The number of nitrogens with zero attached hydrogens (tertiary/aromatic N) is 2. The molecular formula is C28H45Br2ClI4N3O2V2-2. The third-order valence-electron chi connectivity index (χ3n) is 3.28. The van der Waals surface area contributed by atoms with E-state index in [1.165, 1.54) is 0 Å². The molecule has 0 aliphatic rings. The predicted molar refractivity (Wildman–Crippen MR) is 220 cm³/mol. The molecule has 0 atom stereocenters. The third-order valence-corrected chi connectivity index (χ3v) is 4.71. The van der Waals surface area contributed by atoms with Crippen molar-refractivity contribution in [1.82, 2.24) is 9.97 Å². The Morgan fingerprint density at radius 3 is 1.40 bits per heavy atom. The fourth-order valence-corrected chi connectivity index (χ4v) is 2.23. The second-order valence-electron chi connectivity index (χ2n) is 9.53. The van der Waals surface area contributed by atoms with Crippen LogP contribution < -0.4 is 5.73 Å². The van der Waals surface area contributed by atoms with Gasteiger partial charge in [0.05, 0.1) is 5.69 Å². The number of halogens is 7. The summed E-state index contributed by atoms with van der Waals surface area (Å²) in [6.07, 6.45) is 7.19. The maximum Gasteiger partial charge on any atom is 0 e. The molecule has 2 aromatic rings. The smallest absolute Gasteiger partial charge is 0 e. The number of aromatic nitrogens is 2. The van der Waals surface area contributed by atoms with Crippen LogP contribution in [0.5, 0.6) is 0 Å². The van der Waals surface area contributed by atoms with Crippen molar-refractivity contribution >= 4 is 143 Å². The van der Waals surface area contributed by atoms with Gasteiger partial charge in [-0.25, -0.2) is 0 Å². The Morgan fingerprint density at radius 2 is 1.19 bits per heavy atom. The van der Waals surface area contributed by atoms with Crippen LogP contribution in [-0.4, -0.2) is 24.9 Å². The van der Waals surface area contributed by atoms with E-state index in [1.807, 2.05) is 26.8 Å². The van der Waals surface area contributed by atoms with E-state index in [1.54, 1.807) is 65.5 Å². The Bertz CT molecular complexity index is 908. The molecule has 2 rings (SSSR count). The van der Waals surface area contributed by atoms with Crippen LogP contribution in [0, 0.1) is 24.7 Å². The number of anilines is 1. The number of carbonyl (C=O) groups is 2. The van der Waals surface area contributed by atoms with Gasteiger partial charge in [-0.3, -0.25) is 19.6 Å². The van der Waals surface area contributed by atoms with Crippen LogP contribution in [-0.2, 0) is 39.5 Å². The maximum absolute atomic E-state index is 11.7. The fraction of sp³-hybridized carbons (Fsp3) is 0.500. The van der Waals surface area contributed by atoms with E-state index in [0.29, 0.717) is 12.1 Å². The number of pyridine rings is 2. The van der Waals surface area contributed by atoms with Gasteiger partial charge in [0.25, 0.3) is 0 Å². The Labute approximate surface area is 341 Å². The van der Waals surface area contributed by atoms with Crippen LogP contribution in [0.15, 0.2) is 45.9 Å². The molecule has 0 spiro atoms. The van der Waals surface area contributed by atoms with Crippen LogP contribution in [0.4, 0.5) is 5.69 Å². The number of ketones is 1. The molecule has 42 heavy (non-hydrogen) atoms. The molecule has 0 aliphatic heterocycles. The molecule has 245 valence electrons. The topological polar surface area (TPSA) is 85.9 Å². The van der Waals surface area contributed by atoms with Crippen molar-refractivity contribution in [3.8, 4) is 0 Å². The Morgan fingerprint density at radius 1 is 0.881 bits per heavy atom. The SMILES string of the molecule is CC(C)(C)C(=O)Cc1cncc(Br)c1.CC(C)(C)C(=O)Cl.CC(C)I.Nc1cncc(Br)c1.[CH2-]C.[CH2-]C.[I][V]([I])[I].[V]. The number of carbonyl (C=O) groups excluding carboxylic acids is 2. The van der Waals surface area contributed by atoms with Gasteiger partial charge in [0.2, 0.25) is 5.24 Å². The predicted octanol–water partition coefficient (Wildman–Crippen LogP) is 12.4. The fourth-order valence-electron chi connectivity index (χ4n) is 1.43. The zero-order valence-electron chi connectivity index (χ0n) is 26.0. The van der Waals surface area contributed by atoms with E-state index in [2.05, 4.69) is 152 Å². The number of Topliss-reactive ketones (excluding diaryl/α,β-unsaturated/α-hetero) is 1. The second-order valence-corrected chi connectivity index (χ2v) is 49.6. The minimum absolute atomic E-state index is 0. The van der Waals surface area contributed by atoms with Gasteiger partial charge in [-0.2, -0.15) is 13.8 Å². The molecule has 1 radical (unpaired) electrons. The van der Waals surface area contributed by atoms with E-state index in [4.69, 9.17) is 17.3 Å². The molecule has 5 nitrogen and oxygen atoms in total. The van der Waals surface area contributed by atoms with Gasteiger partial charge in [0, 0.05) is 73.5 Å². The number of nitrogens with two attached hydrogens (primary N) is 1. The summed E-state index contributed by atoms with van der Waals surface area (Å²) < 4.78 is 2.63. The molecule has 0 saturated heterocycles. The molecule has 2 heterocycles. The maximum atomic E-state index is 11.7. The van der Waals surface area contributed by atoms with E-state index < -0.39 is 0 Å². The van der Waals surface area contributed by atoms with E-state index in [9.17, 15) is 9.59 Å². The second kappa shape index (κ2) is 35.1. The van der Waals surface area contributed by atoms with Crippen LogP contribution in [0.25, 0.3) is 0 Å². The largest absolute Gasteiger partial charge is 0 e. The Hall–Kier alpha value is 2.78. The van der Waals surface area contributed by atoms with Gasteiger partial charge >= 0.3 is 64.9 Å². The number of rotatable bonds is 2. The quantitative estimate of drug-likeness (QED) is 0.140. The summed E-state index contributed by atoms with van der Waals surface area (Å²) in [5.74, 6) is 0.234. The van der Waals surface area contributed by atoms with Crippen molar-refractivity contribution in [3.05, 3.63) is 65.3 Å². The first kappa shape index (κ1) is 57.1. The van der Waals surface area contributed by atoms with Crippen LogP contribution in [0.1, 0.15) is 74.8 Å². The summed E-state index contributed by atoms with van der Waals surface area (Å²) in [7, 11) is 0. The molecule has 0 saturated carbocycles. The van der Waals surface area contributed by atoms with Crippen molar-refractivity contribution in [3.63, 3.8) is 0 Å². The van der Waals surface area contributed by atoms with Crippen molar-refractivity contribution in [2.75, 3.05) is 5.73 Å². The average Bonchev–Trinajstić information content (AvgIpc) is 2.80. The molecule has 0 aromatic carbocycles. The minimum atomic E-state index is -0.373. The van der Waals surface area contributed by atoms with Gasteiger partial charge in [-0.1, -0.05) is 78.0 Å². The number of nitrogen functional groups attached to an aromatic ring is 1. The van der Waals surface area contributed by atoms with Crippen molar-refractivity contribution in [1.29, 1.82) is 0 Å². The monoisotopic (exact) mass is 1260 g/mol. The molecule has 0 bridgehead atoms. The first-order valence-corrected chi connectivity index (χ1v) is 28.8. The van der Waals surface area contributed by atoms with E-state index in [0.717, 1.165) is 18.4 Å². The zero-order chi connectivity index (χ0) is 34.0. The van der Waals surface area contributed by atoms with Gasteiger partial charge in [0.1, 0.15) is 5.78 Å². The molecule has 0 amide bonds. The molecule has 0 aliphatic carbocycles. The molecule has 14 heteroatoms. The van der Waals surface area contributed by atoms with Crippen molar-refractivity contribution in [2.24, 2.45) is 10.8 Å². The molecule has 2 N–H and O–H groups in total. The Kier molecular flexibility index (Phi) is 47.7. The number of alkyl halides is 1. The zero-order valence-corrected chi connectivity index (χ0v) is 41.3. The summed E-state index contributed by atoms with van der Waals surface area (Å²) >= 11 is 21.4. The van der Waals surface area contributed by atoms with Crippen molar-refractivity contribution < 1.29 is 33.1 Å². The summed E-state index contributed by atoms with van der Waals surface area (Å²) in [5, 5.41) is -0.285. The van der Waals surface area contributed by atoms with Crippen LogP contribution >= 0.6 is 126 Å². The standard InChI is InChI=1S/C11H14BrNO.C5H5BrN2.C5H9ClO.C3H7I.2C2H5.3HI.2V/c1-11(2,3)10(14)5-8-4-9(12)7-13-6-8;6-4-1-5(7)3-8-2-4;1-5(2,3)4(6)7;1-3(2)4;2*1-2;;;;;/h4,6-7H,5H2,1-3H3;1-3H,7H2;1-3H3;3H,1-2H3;2*1H2,2H3;3*1H;;/q;;;;2*-1;;;;;+3/p-3. The van der Waals surface area contributed by atoms with Gasteiger partial charge in [-0.05, 0) is 61.2 Å². The third kappa shape index (κ3) is 49.7. The van der Waals surface area contributed by atoms with E-state index >= 15 is 0 Å². The van der Waals surface area contributed by atoms with Gasteiger partial charge in [-0.15, -0.1) is 0 Å². The molecular weight excluding hydrogens is 1220 g/mol. The van der Waals surface area contributed by atoms with E-state index in [-0.39, 0.29) is 45.3 Å². The summed E-state index contributed by atoms with van der Waals surface area (Å²) in [6.45, 7) is 25.4. The van der Waals surface area contributed by atoms with Crippen molar-refractivity contribution in [2.45, 2.75) is 79.6 Å². The summed E-state index contributed by atoms with van der Waals surface area (Å²) in [6, 6.07) is 3.73. The molecule has 0 unspecified atom stereocenters. The summed E-state index contributed by atoms with van der Waals surface area (Å²) in [4.78, 5) is 29.5. The molecule has 0 fully saturated rings. The first-order chi connectivity index (χ1) is 18.6. The minimum Gasteiger partial charge on any atom is 0 e. The summed E-state index contributed by atoms with van der Waals surface area (Å²) in [5.41, 5.74) is 6.35. The Balaban J connectivity index is -0.000000100. The normalized spacial score (nSPS) is 9.45. The molecule has 2 aromatic heterocycles. The van der Waals surface area contributed by atoms with Crippen LogP contribution in [0.3, 0.4) is 0 Å². The average molecular weight is 1260 g/mol. The van der Waals surface area contributed by atoms with Gasteiger partial charge in [0.15, 0.2) is 0 Å². The van der Waals surface area contributed by atoms with Gasteiger partial charge < -0.3 is 19.6 Å². The number of hydrogen-bond donors (Lipinski definition) is 1.